The second-order valence-electron chi connectivity index (χ2n) is 4.76. The van der Waals surface area contributed by atoms with Crippen molar-refractivity contribution in [3.63, 3.8) is 0 Å². The summed E-state index contributed by atoms with van der Waals surface area (Å²) in [6, 6.07) is 9.23. The average Bonchev–Trinajstić information content (AvgIpc) is 3.05. The number of amides is 1. The predicted octanol–water partition coefficient (Wildman–Crippen LogP) is 2.10. The van der Waals surface area contributed by atoms with Crippen molar-refractivity contribution in [2.24, 2.45) is 5.73 Å². The van der Waals surface area contributed by atoms with Crippen LogP contribution in [0.1, 0.15) is 33.9 Å². The highest BCUT2D eigenvalue weighted by molar-refractivity contribution is 7.09. The Hall–Kier alpha value is -1.96. The zero-order chi connectivity index (χ0) is 16.7. The average molecular weight is 370 g/mol. The Labute approximate surface area is 150 Å². The molecule has 1 amide bonds. The van der Waals surface area contributed by atoms with Crippen LogP contribution in [0.25, 0.3) is 0 Å². The molecule has 1 atom stereocenters. The molecule has 24 heavy (non-hydrogen) atoms. The number of nitrogens with two attached hydrogens (primary N) is 1. The summed E-state index contributed by atoms with van der Waals surface area (Å²) in [6.07, 6.45) is 0. The molecular weight excluding hydrogens is 350 g/mol. The van der Waals surface area contributed by atoms with E-state index in [1.807, 2.05) is 30.3 Å². The highest BCUT2D eigenvalue weighted by atomic mass is 35.5. The first kappa shape index (κ1) is 20.1. The van der Waals surface area contributed by atoms with Gasteiger partial charge in [0.25, 0.3) is 5.91 Å². The summed E-state index contributed by atoms with van der Waals surface area (Å²) in [5.41, 5.74) is 6.60. The summed E-state index contributed by atoms with van der Waals surface area (Å²) in [6.45, 7) is 2.49. The van der Waals surface area contributed by atoms with Gasteiger partial charge >= 0.3 is 5.97 Å². The summed E-state index contributed by atoms with van der Waals surface area (Å²) >= 11 is 1.33. The molecule has 0 bridgehead atoms. The van der Waals surface area contributed by atoms with Crippen LogP contribution in [-0.2, 0) is 16.1 Å². The van der Waals surface area contributed by atoms with E-state index in [-0.39, 0.29) is 30.8 Å². The second-order valence-corrected chi connectivity index (χ2v) is 5.70. The van der Waals surface area contributed by atoms with Crippen molar-refractivity contribution >= 4 is 35.6 Å². The summed E-state index contributed by atoms with van der Waals surface area (Å²) in [7, 11) is 0. The lowest BCUT2D eigenvalue weighted by Gasteiger charge is -2.16. The molecule has 0 aliphatic heterocycles. The first-order valence-electron chi connectivity index (χ1n) is 7.30. The van der Waals surface area contributed by atoms with Crippen LogP contribution in [0.5, 0.6) is 0 Å². The highest BCUT2D eigenvalue weighted by Crippen LogP contribution is 2.17. The van der Waals surface area contributed by atoms with Gasteiger partial charge in [0, 0.05) is 18.5 Å². The summed E-state index contributed by atoms with van der Waals surface area (Å²) in [4.78, 5) is 28.4. The molecule has 0 spiro atoms. The third kappa shape index (κ3) is 5.30. The smallest absolute Gasteiger partial charge is 0.315 e. The minimum atomic E-state index is -0.548. The number of halogens is 1. The number of benzene rings is 1. The Morgan fingerprint density at radius 3 is 2.62 bits per heavy atom. The third-order valence-corrected chi connectivity index (χ3v) is 4.07. The fourth-order valence-electron chi connectivity index (χ4n) is 2.06. The maximum Gasteiger partial charge on any atom is 0.315 e. The van der Waals surface area contributed by atoms with Gasteiger partial charge in [-0.25, -0.2) is 4.98 Å². The molecule has 8 heteroatoms. The minimum Gasteiger partial charge on any atom is -0.465 e. The number of ether oxygens (including phenoxy) is 1. The Morgan fingerprint density at radius 2 is 2.04 bits per heavy atom. The fourth-order valence-corrected chi connectivity index (χ4v) is 2.71. The van der Waals surface area contributed by atoms with Gasteiger partial charge in [0.15, 0.2) is 0 Å². The number of carbonyl (C=O) groups is 2. The first-order valence-corrected chi connectivity index (χ1v) is 8.18. The van der Waals surface area contributed by atoms with E-state index in [1.54, 1.807) is 12.3 Å². The van der Waals surface area contributed by atoms with Crippen molar-refractivity contribution in [1.82, 2.24) is 10.3 Å². The number of esters is 1. The Balaban J connectivity index is 0.00000288. The molecule has 1 heterocycles. The molecule has 0 aliphatic rings. The molecule has 6 nitrogen and oxygen atoms in total. The minimum absolute atomic E-state index is 0. The van der Waals surface area contributed by atoms with Crippen molar-refractivity contribution in [3.8, 4) is 0 Å². The summed E-state index contributed by atoms with van der Waals surface area (Å²) in [5.74, 6) is -1.24. The number of hydrogen-bond donors (Lipinski definition) is 2. The maximum atomic E-state index is 12.1. The van der Waals surface area contributed by atoms with Gasteiger partial charge < -0.3 is 15.8 Å². The van der Waals surface area contributed by atoms with Gasteiger partial charge in [-0.15, -0.1) is 23.7 Å². The molecule has 2 aromatic rings. The lowest BCUT2D eigenvalue weighted by Crippen LogP contribution is -2.32. The van der Waals surface area contributed by atoms with Crippen LogP contribution in [0.2, 0.25) is 0 Å². The van der Waals surface area contributed by atoms with E-state index in [0.717, 1.165) is 5.56 Å². The van der Waals surface area contributed by atoms with E-state index in [9.17, 15) is 9.59 Å². The molecule has 2 rings (SSSR count). The maximum absolute atomic E-state index is 12.1. The number of aromatic nitrogens is 1. The van der Waals surface area contributed by atoms with Gasteiger partial charge in [-0.2, -0.15) is 0 Å². The number of hydrogen-bond acceptors (Lipinski definition) is 6. The van der Waals surface area contributed by atoms with Crippen LogP contribution in [0.3, 0.4) is 0 Å². The Bertz CT molecular complexity index is 664. The van der Waals surface area contributed by atoms with Gasteiger partial charge in [0.1, 0.15) is 10.7 Å². The first-order chi connectivity index (χ1) is 11.2. The molecule has 0 saturated carbocycles. The number of rotatable bonds is 7. The lowest BCUT2D eigenvalue weighted by atomic mass is 9.99. The largest absolute Gasteiger partial charge is 0.465 e. The topological polar surface area (TPSA) is 94.3 Å². The van der Waals surface area contributed by atoms with Gasteiger partial charge in [-0.1, -0.05) is 30.3 Å². The molecule has 0 aliphatic carbocycles. The van der Waals surface area contributed by atoms with Crippen molar-refractivity contribution < 1.29 is 14.3 Å². The zero-order valence-corrected chi connectivity index (χ0v) is 14.9. The standard InChI is InChI=1S/C16H19N3O3S.ClH/c1-2-22-16(21)12(11-6-4-3-5-7-11)9-18-15(20)13-10-23-14(8-17)19-13;/h3-7,10,12H,2,8-9,17H2,1H3,(H,18,20);1H. The molecule has 1 unspecified atom stereocenters. The van der Waals surface area contributed by atoms with Crippen LogP contribution in [0.15, 0.2) is 35.7 Å². The number of nitrogens with one attached hydrogen (secondary N) is 1. The normalized spacial score (nSPS) is 11.2. The number of thiazole rings is 1. The SMILES string of the molecule is CCOC(=O)C(CNC(=O)c1csc(CN)n1)c1ccccc1.Cl. The molecule has 130 valence electrons. The van der Waals surface area contributed by atoms with Gasteiger partial charge in [-0.05, 0) is 12.5 Å². The fraction of sp³-hybridized carbons (Fsp3) is 0.312. The van der Waals surface area contributed by atoms with E-state index in [2.05, 4.69) is 10.3 Å². The molecule has 0 saturated heterocycles. The molecule has 0 radical (unpaired) electrons. The molecular formula is C16H20ClN3O3S. The van der Waals surface area contributed by atoms with Gasteiger partial charge in [-0.3, -0.25) is 9.59 Å². The van der Waals surface area contributed by atoms with E-state index >= 15 is 0 Å². The van der Waals surface area contributed by atoms with E-state index in [4.69, 9.17) is 10.5 Å². The van der Waals surface area contributed by atoms with Crippen LogP contribution in [0.4, 0.5) is 0 Å². The van der Waals surface area contributed by atoms with E-state index < -0.39 is 5.92 Å². The van der Waals surface area contributed by atoms with Crippen molar-refractivity contribution in [2.45, 2.75) is 19.4 Å². The highest BCUT2D eigenvalue weighted by Gasteiger charge is 2.23. The Kier molecular flexibility index (Phi) is 8.39. The zero-order valence-electron chi connectivity index (χ0n) is 13.2. The summed E-state index contributed by atoms with van der Waals surface area (Å²) in [5, 5.41) is 5.08. The van der Waals surface area contributed by atoms with Gasteiger partial charge in [0.2, 0.25) is 0 Å². The molecule has 0 fully saturated rings. The summed E-state index contributed by atoms with van der Waals surface area (Å²) < 4.78 is 5.10. The molecule has 3 N–H and O–H groups in total. The quantitative estimate of drug-likeness (QED) is 0.729. The van der Waals surface area contributed by atoms with Crippen LogP contribution >= 0.6 is 23.7 Å². The van der Waals surface area contributed by atoms with Crippen LogP contribution < -0.4 is 11.1 Å². The van der Waals surface area contributed by atoms with Crippen molar-refractivity contribution in [1.29, 1.82) is 0 Å². The second kappa shape index (κ2) is 10.0. The van der Waals surface area contributed by atoms with Crippen LogP contribution in [0, 0.1) is 0 Å². The molecule has 1 aromatic heterocycles. The van der Waals surface area contributed by atoms with Gasteiger partial charge in [0.05, 0.1) is 12.5 Å². The third-order valence-electron chi connectivity index (χ3n) is 3.20. The lowest BCUT2D eigenvalue weighted by molar-refractivity contribution is -0.144. The Morgan fingerprint density at radius 1 is 1.33 bits per heavy atom. The van der Waals surface area contributed by atoms with Crippen molar-refractivity contribution in [3.05, 3.63) is 52.0 Å². The molecule has 1 aromatic carbocycles. The monoisotopic (exact) mass is 369 g/mol. The van der Waals surface area contributed by atoms with Crippen molar-refractivity contribution in [2.75, 3.05) is 13.2 Å². The number of carbonyl (C=O) groups excluding carboxylic acids is 2. The van der Waals surface area contributed by atoms with Crippen LogP contribution in [-0.4, -0.2) is 30.0 Å². The number of nitrogens with zero attached hydrogens (tertiary/aromatic N) is 1. The predicted molar refractivity (Wildman–Crippen MR) is 95.4 cm³/mol. The van der Waals surface area contributed by atoms with E-state index in [1.165, 1.54) is 11.3 Å². The van der Waals surface area contributed by atoms with E-state index in [0.29, 0.717) is 23.9 Å².